The van der Waals surface area contributed by atoms with Gasteiger partial charge in [0.15, 0.2) is 5.82 Å². The van der Waals surface area contributed by atoms with Gasteiger partial charge in [-0.25, -0.2) is 9.97 Å². The Kier molecular flexibility index (Phi) is 4.26. The molecule has 0 unspecified atom stereocenters. The molecule has 128 valence electrons. The lowest BCUT2D eigenvalue weighted by molar-refractivity contribution is -0.135. The highest BCUT2D eigenvalue weighted by atomic mass is 16.2. The summed E-state index contributed by atoms with van der Waals surface area (Å²) in [6.07, 6.45) is 4.45. The van der Waals surface area contributed by atoms with Gasteiger partial charge in [0.05, 0.1) is 24.0 Å². The second-order valence-electron chi connectivity index (χ2n) is 6.76. The van der Waals surface area contributed by atoms with Crippen LogP contribution >= 0.6 is 0 Å². The van der Waals surface area contributed by atoms with E-state index in [1.54, 1.807) is 10.9 Å². The molecule has 0 aromatic carbocycles. The molecule has 24 heavy (non-hydrogen) atoms. The highest BCUT2D eigenvalue weighted by Crippen LogP contribution is 2.29. The van der Waals surface area contributed by atoms with Gasteiger partial charge in [0, 0.05) is 51.8 Å². The van der Waals surface area contributed by atoms with Crippen molar-refractivity contribution in [3.05, 3.63) is 23.7 Å². The van der Waals surface area contributed by atoms with Crippen molar-refractivity contribution < 1.29 is 4.79 Å². The van der Waals surface area contributed by atoms with E-state index in [1.165, 1.54) is 0 Å². The molecule has 1 aliphatic heterocycles. The van der Waals surface area contributed by atoms with Crippen molar-refractivity contribution in [1.82, 2.24) is 24.6 Å². The second-order valence-corrected chi connectivity index (χ2v) is 6.76. The number of anilines is 1. The lowest BCUT2D eigenvalue weighted by Gasteiger charge is -2.32. The molecule has 0 aliphatic carbocycles. The molecule has 0 radical (unpaired) electrons. The number of amides is 1. The smallest absolute Gasteiger partial charge is 0.225 e. The van der Waals surface area contributed by atoms with Gasteiger partial charge in [0.2, 0.25) is 5.91 Å². The van der Waals surface area contributed by atoms with Gasteiger partial charge in [-0.15, -0.1) is 0 Å². The molecule has 0 bridgehead atoms. The molecule has 7 heteroatoms. The van der Waals surface area contributed by atoms with E-state index >= 15 is 0 Å². The predicted molar refractivity (Wildman–Crippen MR) is 92.5 cm³/mol. The van der Waals surface area contributed by atoms with Gasteiger partial charge in [0.25, 0.3) is 0 Å². The van der Waals surface area contributed by atoms with E-state index in [2.05, 4.69) is 5.10 Å². The topological polar surface area (TPSA) is 67.2 Å². The molecule has 0 atom stereocenters. The van der Waals surface area contributed by atoms with E-state index in [4.69, 9.17) is 9.97 Å². The second kappa shape index (κ2) is 6.22. The zero-order valence-electron chi connectivity index (χ0n) is 14.9. The third-order valence-corrected chi connectivity index (χ3v) is 4.23. The van der Waals surface area contributed by atoms with Crippen LogP contribution in [-0.4, -0.2) is 51.2 Å². The molecule has 7 nitrogen and oxygen atoms in total. The van der Waals surface area contributed by atoms with Crippen LogP contribution in [0.2, 0.25) is 0 Å². The van der Waals surface area contributed by atoms with Crippen molar-refractivity contribution in [2.75, 3.05) is 25.5 Å². The normalized spacial score (nSPS) is 14.0. The maximum absolute atomic E-state index is 12.3. The highest BCUT2D eigenvalue weighted by Gasteiger charge is 2.27. The van der Waals surface area contributed by atoms with Crippen LogP contribution in [0.1, 0.15) is 25.1 Å². The van der Waals surface area contributed by atoms with E-state index in [0.717, 1.165) is 29.1 Å². The van der Waals surface area contributed by atoms with Gasteiger partial charge >= 0.3 is 0 Å². The molecule has 2 aromatic rings. The SMILES string of the molecule is CC(C)C(=O)N1CCc2nc(-c3cnn(C)c3)nc(N(C)C)c2C1. The molecule has 2 aromatic heterocycles. The van der Waals surface area contributed by atoms with E-state index in [9.17, 15) is 4.79 Å². The predicted octanol–water partition coefficient (Wildman–Crippen LogP) is 1.48. The number of rotatable bonds is 3. The molecule has 1 aliphatic rings. The van der Waals surface area contributed by atoms with Crippen molar-refractivity contribution in [3.8, 4) is 11.4 Å². The van der Waals surface area contributed by atoms with Crippen LogP contribution in [0.4, 0.5) is 5.82 Å². The molecule has 0 saturated heterocycles. The zero-order chi connectivity index (χ0) is 17.4. The first-order valence-electron chi connectivity index (χ1n) is 8.21. The number of nitrogens with zero attached hydrogens (tertiary/aromatic N) is 6. The Morgan fingerprint density at radius 3 is 2.62 bits per heavy atom. The minimum absolute atomic E-state index is 0.00457. The van der Waals surface area contributed by atoms with Gasteiger partial charge in [-0.3, -0.25) is 9.48 Å². The Bertz CT molecular complexity index is 764. The molecule has 1 amide bonds. The standard InChI is InChI=1S/C17H24N6O/c1-11(2)17(24)23-7-6-14-13(10-23)16(21(3)4)20-15(19-14)12-8-18-22(5)9-12/h8-9,11H,6-7,10H2,1-5H3. The van der Waals surface area contributed by atoms with E-state index in [0.29, 0.717) is 18.9 Å². The van der Waals surface area contributed by atoms with Crippen LogP contribution in [0.3, 0.4) is 0 Å². The summed E-state index contributed by atoms with van der Waals surface area (Å²) in [6.45, 7) is 5.16. The van der Waals surface area contributed by atoms with Crippen molar-refractivity contribution in [1.29, 1.82) is 0 Å². The average Bonchev–Trinajstić information content (AvgIpc) is 2.98. The van der Waals surface area contributed by atoms with Gasteiger partial charge in [-0.2, -0.15) is 5.10 Å². The van der Waals surface area contributed by atoms with Crippen molar-refractivity contribution in [2.45, 2.75) is 26.8 Å². The highest BCUT2D eigenvalue weighted by molar-refractivity contribution is 5.78. The first kappa shape index (κ1) is 16.4. The van der Waals surface area contributed by atoms with Crippen molar-refractivity contribution >= 4 is 11.7 Å². The Hall–Kier alpha value is -2.44. The number of fused-ring (bicyclic) bond motifs is 1. The largest absolute Gasteiger partial charge is 0.362 e. The maximum atomic E-state index is 12.3. The summed E-state index contributed by atoms with van der Waals surface area (Å²) in [5.41, 5.74) is 2.98. The fourth-order valence-corrected chi connectivity index (χ4v) is 2.99. The maximum Gasteiger partial charge on any atom is 0.225 e. The Balaban J connectivity index is 2.02. The fourth-order valence-electron chi connectivity index (χ4n) is 2.99. The number of carbonyl (C=O) groups is 1. The summed E-state index contributed by atoms with van der Waals surface area (Å²) < 4.78 is 1.75. The van der Waals surface area contributed by atoms with Crippen LogP contribution in [0.5, 0.6) is 0 Å². The molecular formula is C17H24N6O. The summed E-state index contributed by atoms with van der Waals surface area (Å²) in [5, 5.41) is 4.20. The molecule has 0 spiro atoms. The number of hydrogen-bond acceptors (Lipinski definition) is 5. The van der Waals surface area contributed by atoms with E-state index in [-0.39, 0.29) is 11.8 Å². The van der Waals surface area contributed by atoms with Crippen LogP contribution < -0.4 is 4.90 Å². The quantitative estimate of drug-likeness (QED) is 0.854. The molecule has 3 rings (SSSR count). The van der Waals surface area contributed by atoms with Gasteiger partial charge in [-0.05, 0) is 0 Å². The molecule has 0 fully saturated rings. The molecular weight excluding hydrogens is 304 g/mol. The summed E-state index contributed by atoms with van der Waals surface area (Å²) >= 11 is 0. The van der Waals surface area contributed by atoms with Crippen LogP contribution in [0.25, 0.3) is 11.4 Å². The third kappa shape index (κ3) is 2.98. The fraction of sp³-hybridized carbons (Fsp3) is 0.529. The first-order valence-corrected chi connectivity index (χ1v) is 8.21. The van der Waals surface area contributed by atoms with E-state index in [1.807, 2.05) is 51.0 Å². The monoisotopic (exact) mass is 328 g/mol. The van der Waals surface area contributed by atoms with E-state index < -0.39 is 0 Å². The number of carbonyl (C=O) groups excluding carboxylic acids is 1. The molecule has 3 heterocycles. The van der Waals surface area contributed by atoms with Crippen LogP contribution in [0, 0.1) is 5.92 Å². The minimum Gasteiger partial charge on any atom is -0.362 e. The Morgan fingerprint density at radius 1 is 1.29 bits per heavy atom. The summed E-state index contributed by atoms with van der Waals surface area (Å²) in [7, 11) is 5.82. The van der Waals surface area contributed by atoms with Gasteiger partial charge < -0.3 is 9.80 Å². The van der Waals surface area contributed by atoms with Crippen LogP contribution in [-0.2, 0) is 24.8 Å². The zero-order valence-corrected chi connectivity index (χ0v) is 14.9. The Morgan fingerprint density at radius 2 is 2.04 bits per heavy atom. The average molecular weight is 328 g/mol. The molecule has 0 N–H and O–H groups in total. The molecule has 0 saturated carbocycles. The summed E-state index contributed by atoms with van der Waals surface area (Å²) in [5.74, 6) is 1.75. The van der Waals surface area contributed by atoms with Crippen molar-refractivity contribution in [2.24, 2.45) is 13.0 Å². The van der Waals surface area contributed by atoms with Gasteiger partial charge in [-0.1, -0.05) is 13.8 Å². The lowest BCUT2D eigenvalue weighted by atomic mass is 10.0. The minimum atomic E-state index is 0.00457. The van der Waals surface area contributed by atoms with Crippen molar-refractivity contribution in [3.63, 3.8) is 0 Å². The third-order valence-electron chi connectivity index (χ3n) is 4.23. The Labute approximate surface area is 142 Å². The number of aromatic nitrogens is 4. The summed E-state index contributed by atoms with van der Waals surface area (Å²) in [4.78, 5) is 25.7. The summed E-state index contributed by atoms with van der Waals surface area (Å²) in [6, 6.07) is 0. The number of aryl methyl sites for hydroxylation is 1. The van der Waals surface area contributed by atoms with Gasteiger partial charge in [0.1, 0.15) is 5.82 Å². The first-order chi connectivity index (χ1) is 11.4. The lowest BCUT2D eigenvalue weighted by Crippen LogP contribution is -2.39. The number of hydrogen-bond donors (Lipinski definition) is 0. The van der Waals surface area contributed by atoms with Crippen LogP contribution in [0.15, 0.2) is 12.4 Å².